The van der Waals surface area contributed by atoms with E-state index in [9.17, 15) is 9.90 Å². The summed E-state index contributed by atoms with van der Waals surface area (Å²) < 4.78 is 7.01. The molecule has 1 fully saturated rings. The summed E-state index contributed by atoms with van der Waals surface area (Å²) in [5.74, 6) is -0.937. The van der Waals surface area contributed by atoms with Crippen molar-refractivity contribution in [2.24, 2.45) is 0 Å². The fraction of sp³-hybridized carbons (Fsp3) is 0.429. The highest BCUT2D eigenvalue weighted by atomic mass is 16.5. The second-order valence-electron chi connectivity index (χ2n) is 4.78. The Morgan fingerprint density at radius 2 is 2.15 bits per heavy atom. The van der Waals surface area contributed by atoms with Gasteiger partial charge in [-0.3, -0.25) is 4.40 Å². The zero-order chi connectivity index (χ0) is 14.1. The number of nitrogens with zero attached hydrogens (tertiary/aromatic N) is 3. The summed E-state index contributed by atoms with van der Waals surface area (Å²) in [5.41, 5.74) is 2.56. The number of aromatic carboxylic acids is 1. The summed E-state index contributed by atoms with van der Waals surface area (Å²) in [6.07, 6.45) is 2.46. The smallest absolute Gasteiger partial charge is 0.354 e. The van der Waals surface area contributed by atoms with E-state index in [-0.39, 0.29) is 5.69 Å². The van der Waals surface area contributed by atoms with E-state index in [1.54, 1.807) is 4.40 Å². The lowest BCUT2D eigenvalue weighted by Crippen LogP contribution is -2.36. The first kappa shape index (κ1) is 12.9. The lowest BCUT2D eigenvalue weighted by molar-refractivity contribution is 0.0688. The highest BCUT2D eigenvalue weighted by molar-refractivity contribution is 5.88. The third-order valence-corrected chi connectivity index (χ3v) is 3.59. The molecule has 0 saturated carbocycles. The van der Waals surface area contributed by atoms with Crippen LogP contribution in [0.15, 0.2) is 18.3 Å². The quantitative estimate of drug-likeness (QED) is 0.918. The average Bonchev–Trinajstić information content (AvgIpc) is 2.85. The number of ether oxygens (including phenoxy) is 1. The maximum atomic E-state index is 11.4. The molecule has 0 aliphatic carbocycles. The molecule has 1 N–H and O–H groups in total. The molecule has 6 nitrogen and oxygen atoms in total. The molecule has 0 bridgehead atoms. The minimum absolute atomic E-state index is 0.262. The van der Waals surface area contributed by atoms with Gasteiger partial charge in [0.2, 0.25) is 0 Å². The number of hydrogen-bond acceptors (Lipinski definition) is 4. The highest BCUT2D eigenvalue weighted by Gasteiger charge is 2.19. The van der Waals surface area contributed by atoms with Crippen LogP contribution in [0.25, 0.3) is 5.65 Å². The summed E-state index contributed by atoms with van der Waals surface area (Å²) in [6, 6.07) is 3.86. The summed E-state index contributed by atoms with van der Waals surface area (Å²) in [7, 11) is 0. The van der Waals surface area contributed by atoms with Crippen molar-refractivity contribution >= 4 is 17.3 Å². The standard InChI is InChI=1S/C14H17N3O3/c1-2-11-13(14(18)19)17-9-10(3-4-12(17)15-11)16-5-7-20-8-6-16/h3-4,9H,2,5-8H2,1H3,(H,18,19). The topological polar surface area (TPSA) is 67.1 Å². The summed E-state index contributed by atoms with van der Waals surface area (Å²) >= 11 is 0. The molecule has 0 atom stereocenters. The third-order valence-electron chi connectivity index (χ3n) is 3.59. The second-order valence-corrected chi connectivity index (χ2v) is 4.78. The van der Waals surface area contributed by atoms with Gasteiger partial charge in [0.15, 0.2) is 5.69 Å². The van der Waals surface area contributed by atoms with Gasteiger partial charge < -0.3 is 14.7 Å². The molecule has 0 radical (unpaired) electrons. The maximum absolute atomic E-state index is 11.4. The van der Waals surface area contributed by atoms with E-state index in [0.717, 1.165) is 18.8 Å². The SMILES string of the molecule is CCc1nc2ccc(N3CCOCC3)cn2c1C(=O)O. The van der Waals surface area contributed by atoms with E-state index in [1.165, 1.54) is 0 Å². The van der Waals surface area contributed by atoms with E-state index in [4.69, 9.17) is 4.74 Å². The fourth-order valence-electron chi connectivity index (χ4n) is 2.56. The van der Waals surface area contributed by atoms with Gasteiger partial charge in [-0.05, 0) is 18.6 Å². The Hall–Kier alpha value is -2.08. The number of carbonyl (C=O) groups is 1. The van der Waals surface area contributed by atoms with Crippen molar-refractivity contribution < 1.29 is 14.6 Å². The van der Waals surface area contributed by atoms with Crippen LogP contribution < -0.4 is 4.90 Å². The van der Waals surface area contributed by atoms with Crippen molar-refractivity contribution in [2.45, 2.75) is 13.3 Å². The predicted molar refractivity (Wildman–Crippen MR) is 74.6 cm³/mol. The molecule has 3 rings (SSSR count). The van der Waals surface area contributed by atoms with E-state index < -0.39 is 5.97 Å². The summed E-state index contributed by atoms with van der Waals surface area (Å²) in [5, 5.41) is 9.39. The molecule has 0 spiro atoms. The van der Waals surface area contributed by atoms with Crippen molar-refractivity contribution in [1.29, 1.82) is 0 Å². The molecule has 0 aromatic carbocycles. The van der Waals surface area contributed by atoms with Crippen molar-refractivity contribution in [2.75, 3.05) is 31.2 Å². The Balaban J connectivity index is 2.09. The normalized spacial score (nSPS) is 15.8. The summed E-state index contributed by atoms with van der Waals surface area (Å²) in [4.78, 5) is 18.0. The third kappa shape index (κ3) is 2.12. The minimum Gasteiger partial charge on any atom is -0.477 e. The number of carboxylic acids is 1. The van der Waals surface area contributed by atoms with Gasteiger partial charge in [-0.1, -0.05) is 6.92 Å². The number of anilines is 1. The fourth-order valence-corrected chi connectivity index (χ4v) is 2.56. The van der Waals surface area contributed by atoms with Crippen LogP contribution in [0.4, 0.5) is 5.69 Å². The van der Waals surface area contributed by atoms with E-state index in [2.05, 4.69) is 9.88 Å². The Kier molecular flexibility index (Phi) is 3.31. The van der Waals surface area contributed by atoms with Crippen LogP contribution in [0.1, 0.15) is 23.1 Å². The number of aromatic nitrogens is 2. The Bertz CT molecular complexity index is 644. The lowest BCUT2D eigenvalue weighted by Gasteiger charge is -2.28. The number of imidazole rings is 1. The van der Waals surface area contributed by atoms with Crippen LogP contribution in [-0.2, 0) is 11.2 Å². The number of carboxylic acid groups (broad SMARTS) is 1. The lowest BCUT2D eigenvalue weighted by atomic mass is 10.2. The van der Waals surface area contributed by atoms with Crippen molar-refractivity contribution in [1.82, 2.24) is 9.38 Å². The van der Waals surface area contributed by atoms with Crippen LogP contribution in [0.2, 0.25) is 0 Å². The predicted octanol–water partition coefficient (Wildman–Crippen LogP) is 1.43. The zero-order valence-electron chi connectivity index (χ0n) is 11.4. The Labute approximate surface area is 116 Å². The van der Waals surface area contributed by atoms with Gasteiger partial charge >= 0.3 is 5.97 Å². The van der Waals surface area contributed by atoms with Crippen LogP contribution in [-0.4, -0.2) is 46.8 Å². The van der Waals surface area contributed by atoms with Crippen molar-refractivity contribution in [3.8, 4) is 0 Å². The van der Waals surface area contributed by atoms with E-state index in [0.29, 0.717) is 31.0 Å². The molecule has 0 unspecified atom stereocenters. The number of morpholine rings is 1. The van der Waals surface area contributed by atoms with Crippen LogP contribution in [0.3, 0.4) is 0 Å². The van der Waals surface area contributed by atoms with Crippen LogP contribution in [0, 0.1) is 0 Å². The first-order valence-corrected chi connectivity index (χ1v) is 6.77. The molecule has 2 aromatic heterocycles. The number of rotatable bonds is 3. The Morgan fingerprint density at radius 3 is 2.80 bits per heavy atom. The molecular formula is C14H17N3O3. The molecule has 6 heteroatoms. The monoisotopic (exact) mass is 275 g/mol. The number of pyridine rings is 1. The molecule has 1 aliphatic rings. The van der Waals surface area contributed by atoms with Gasteiger partial charge in [-0.2, -0.15) is 0 Å². The largest absolute Gasteiger partial charge is 0.477 e. The van der Waals surface area contributed by atoms with Crippen LogP contribution in [0.5, 0.6) is 0 Å². The van der Waals surface area contributed by atoms with Crippen LogP contribution >= 0.6 is 0 Å². The van der Waals surface area contributed by atoms with Gasteiger partial charge in [0.05, 0.1) is 24.6 Å². The van der Waals surface area contributed by atoms with Gasteiger partial charge in [-0.15, -0.1) is 0 Å². The molecule has 1 aliphatic heterocycles. The number of fused-ring (bicyclic) bond motifs is 1. The van der Waals surface area contributed by atoms with E-state index >= 15 is 0 Å². The molecule has 3 heterocycles. The van der Waals surface area contributed by atoms with Gasteiger partial charge in [0.1, 0.15) is 5.65 Å². The van der Waals surface area contributed by atoms with Gasteiger partial charge in [0, 0.05) is 19.3 Å². The highest BCUT2D eigenvalue weighted by Crippen LogP contribution is 2.20. The van der Waals surface area contributed by atoms with E-state index in [1.807, 2.05) is 25.3 Å². The first-order chi connectivity index (χ1) is 9.70. The van der Waals surface area contributed by atoms with Crippen molar-refractivity contribution in [3.63, 3.8) is 0 Å². The molecule has 0 amide bonds. The molecule has 106 valence electrons. The van der Waals surface area contributed by atoms with Gasteiger partial charge in [0.25, 0.3) is 0 Å². The second kappa shape index (κ2) is 5.13. The Morgan fingerprint density at radius 1 is 1.40 bits per heavy atom. The number of aryl methyl sites for hydroxylation is 1. The molecule has 2 aromatic rings. The molecule has 1 saturated heterocycles. The average molecular weight is 275 g/mol. The van der Waals surface area contributed by atoms with Gasteiger partial charge in [-0.25, -0.2) is 9.78 Å². The number of hydrogen-bond donors (Lipinski definition) is 1. The molecular weight excluding hydrogens is 258 g/mol. The minimum atomic E-state index is -0.937. The zero-order valence-corrected chi connectivity index (χ0v) is 11.4. The maximum Gasteiger partial charge on any atom is 0.354 e. The first-order valence-electron chi connectivity index (χ1n) is 6.77. The van der Waals surface area contributed by atoms with Crippen molar-refractivity contribution in [3.05, 3.63) is 29.7 Å². The molecule has 20 heavy (non-hydrogen) atoms. The summed E-state index contributed by atoms with van der Waals surface area (Å²) in [6.45, 7) is 4.96.